The molecule has 2 amide bonds. The first kappa shape index (κ1) is 22.9. The first-order chi connectivity index (χ1) is 15.0. The van der Waals surface area contributed by atoms with Gasteiger partial charge in [-0.1, -0.05) is 42.8 Å². The Morgan fingerprint density at radius 3 is 2.42 bits per heavy atom. The third kappa shape index (κ3) is 6.09. The number of benzene rings is 2. The molecule has 1 fully saturated rings. The monoisotopic (exact) mass is 422 g/mol. The van der Waals surface area contributed by atoms with Crippen molar-refractivity contribution in [2.45, 2.75) is 52.5 Å². The number of carbonyl (C=O) groups excluding carboxylic acids is 2. The molecule has 31 heavy (non-hydrogen) atoms. The lowest BCUT2D eigenvalue weighted by Crippen LogP contribution is -2.49. The van der Waals surface area contributed by atoms with Crippen molar-refractivity contribution in [2.24, 2.45) is 0 Å². The highest BCUT2D eigenvalue weighted by molar-refractivity contribution is 5.94. The van der Waals surface area contributed by atoms with Crippen LogP contribution in [0.3, 0.4) is 0 Å². The third-order valence-electron chi connectivity index (χ3n) is 5.90. The van der Waals surface area contributed by atoms with Crippen molar-refractivity contribution in [1.82, 2.24) is 9.80 Å². The summed E-state index contributed by atoms with van der Waals surface area (Å²) < 4.78 is 5.88. The fraction of sp³-hybridized carbons (Fsp3) is 0.462. The first-order valence-corrected chi connectivity index (χ1v) is 11.3. The predicted octanol–water partition coefficient (Wildman–Crippen LogP) is 4.62. The molecule has 0 spiro atoms. The predicted molar refractivity (Wildman–Crippen MR) is 123 cm³/mol. The molecule has 1 saturated heterocycles. The van der Waals surface area contributed by atoms with Crippen LogP contribution < -0.4 is 4.74 Å². The minimum absolute atomic E-state index is 0.0780. The van der Waals surface area contributed by atoms with Crippen LogP contribution in [0.1, 0.15) is 54.1 Å². The lowest BCUT2D eigenvalue weighted by Gasteiger charge is -2.38. The largest absolute Gasteiger partial charge is 0.493 e. The Labute approximate surface area is 186 Å². The Morgan fingerprint density at radius 1 is 1.06 bits per heavy atom. The maximum absolute atomic E-state index is 13.0. The lowest BCUT2D eigenvalue weighted by atomic mass is 10.0. The molecular weight excluding hydrogens is 388 g/mol. The number of carbonyl (C=O) groups is 2. The minimum Gasteiger partial charge on any atom is -0.493 e. The molecule has 166 valence electrons. The van der Waals surface area contributed by atoms with E-state index in [2.05, 4.69) is 19.9 Å². The molecule has 1 heterocycles. The Hall–Kier alpha value is -2.82. The van der Waals surface area contributed by atoms with E-state index in [1.807, 2.05) is 59.2 Å². The van der Waals surface area contributed by atoms with E-state index in [-0.39, 0.29) is 17.9 Å². The van der Waals surface area contributed by atoms with Crippen LogP contribution in [-0.2, 0) is 4.79 Å². The summed E-state index contributed by atoms with van der Waals surface area (Å²) in [6, 6.07) is 15.7. The zero-order valence-corrected chi connectivity index (χ0v) is 19.0. The van der Waals surface area contributed by atoms with Gasteiger partial charge in [0, 0.05) is 31.2 Å². The lowest BCUT2D eigenvalue weighted by molar-refractivity contribution is -0.135. The van der Waals surface area contributed by atoms with E-state index in [4.69, 9.17) is 4.74 Å². The molecule has 5 nitrogen and oxygen atoms in total. The van der Waals surface area contributed by atoms with E-state index in [1.54, 1.807) is 0 Å². The maximum atomic E-state index is 13.0. The zero-order chi connectivity index (χ0) is 22.2. The van der Waals surface area contributed by atoms with Crippen molar-refractivity contribution in [2.75, 3.05) is 26.2 Å². The van der Waals surface area contributed by atoms with E-state index in [9.17, 15) is 9.59 Å². The van der Waals surface area contributed by atoms with Gasteiger partial charge in [0.1, 0.15) is 5.75 Å². The van der Waals surface area contributed by atoms with Crippen molar-refractivity contribution in [1.29, 1.82) is 0 Å². The summed E-state index contributed by atoms with van der Waals surface area (Å²) in [5.74, 6) is 1.06. The number of piperidine rings is 1. The average Bonchev–Trinajstić information content (AvgIpc) is 2.79. The normalized spacial score (nSPS) is 14.4. The van der Waals surface area contributed by atoms with E-state index in [0.29, 0.717) is 26.1 Å². The van der Waals surface area contributed by atoms with Crippen LogP contribution in [0.5, 0.6) is 5.75 Å². The Balaban J connectivity index is 1.51. The van der Waals surface area contributed by atoms with Crippen LogP contribution in [0.25, 0.3) is 0 Å². The number of aryl methyl sites for hydroxylation is 2. The molecule has 0 unspecified atom stereocenters. The van der Waals surface area contributed by atoms with Crippen LogP contribution in [0.4, 0.5) is 0 Å². The second-order valence-electron chi connectivity index (χ2n) is 8.34. The number of rotatable bonds is 8. The molecule has 0 saturated carbocycles. The quantitative estimate of drug-likeness (QED) is 0.624. The van der Waals surface area contributed by atoms with Gasteiger partial charge < -0.3 is 14.5 Å². The van der Waals surface area contributed by atoms with E-state index in [0.717, 1.165) is 42.7 Å². The minimum atomic E-state index is 0.0780. The van der Waals surface area contributed by atoms with Crippen molar-refractivity contribution in [3.05, 3.63) is 65.2 Å². The number of amides is 2. The summed E-state index contributed by atoms with van der Waals surface area (Å²) in [7, 11) is 0. The second kappa shape index (κ2) is 11.0. The maximum Gasteiger partial charge on any atom is 0.253 e. The standard InChI is InChI=1S/C26H34N2O3/c1-4-15-28(25(29)14-18-31-24-11-10-20(2)19-21(24)3)23-12-16-27(17-13-23)26(30)22-8-6-5-7-9-22/h5-11,19,23H,4,12-18H2,1-3H3. The average molecular weight is 423 g/mol. The molecule has 0 bridgehead atoms. The van der Waals surface area contributed by atoms with Crippen LogP contribution in [0, 0.1) is 13.8 Å². The third-order valence-corrected chi connectivity index (χ3v) is 5.90. The topological polar surface area (TPSA) is 49.9 Å². The number of hydrogen-bond acceptors (Lipinski definition) is 3. The molecule has 0 radical (unpaired) electrons. The SMILES string of the molecule is CCCN(C(=O)CCOc1ccc(C)cc1C)C1CCN(C(=O)c2ccccc2)CC1. The molecule has 0 aliphatic carbocycles. The van der Waals surface area contributed by atoms with Crippen LogP contribution >= 0.6 is 0 Å². The summed E-state index contributed by atoms with van der Waals surface area (Å²) >= 11 is 0. The van der Waals surface area contributed by atoms with Crippen molar-refractivity contribution < 1.29 is 14.3 Å². The fourth-order valence-electron chi connectivity index (χ4n) is 4.25. The van der Waals surface area contributed by atoms with Crippen LogP contribution in [0.15, 0.2) is 48.5 Å². The smallest absolute Gasteiger partial charge is 0.253 e. The molecule has 2 aromatic rings. The van der Waals surface area contributed by atoms with Crippen molar-refractivity contribution >= 4 is 11.8 Å². The van der Waals surface area contributed by atoms with Gasteiger partial charge in [0.05, 0.1) is 13.0 Å². The summed E-state index contributed by atoms with van der Waals surface area (Å²) in [4.78, 5) is 29.6. The van der Waals surface area contributed by atoms with Gasteiger partial charge >= 0.3 is 0 Å². The zero-order valence-electron chi connectivity index (χ0n) is 19.0. The summed E-state index contributed by atoms with van der Waals surface area (Å²) in [6.45, 7) is 8.68. The summed E-state index contributed by atoms with van der Waals surface area (Å²) in [5, 5.41) is 0. The molecule has 1 aliphatic rings. The number of ether oxygens (including phenoxy) is 1. The van der Waals surface area contributed by atoms with Gasteiger partial charge in [-0.3, -0.25) is 9.59 Å². The van der Waals surface area contributed by atoms with Gasteiger partial charge in [-0.15, -0.1) is 0 Å². The number of hydrogen-bond donors (Lipinski definition) is 0. The van der Waals surface area contributed by atoms with Gasteiger partial charge in [-0.25, -0.2) is 0 Å². The highest BCUT2D eigenvalue weighted by atomic mass is 16.5. The molecule has 0 N–H and O–H groups in total. The van der Waals surface area contributed by atoms with Crippen molar-refractivity contribution in [3.8, 4) is 5.75 Å². The number of nitrogens with zero attached hydrogens (tertiary/aromatic N) is 2. The highest BCUT2D eigenvalue weighted by Crippen LogP contribution is 2.21. The molecule has 1 aliphatic heterocycles. The van der Waals surface area contributed by atoms with Gasteiger partial charge in [-0.2, -0.15) is 0 Å². The second-order valence-corrected chi connectivity index (χ2v) is 8.34. The first-order valence-electron chi connectivity index (χ1n) is 11.3. The van der Waals surface area contributed by atoms with Gasteiger partial charge in [0.25, 0.3) is 5.91 Å². The highest BCUT2D eigenvalue weighted by Gasteiger charge is 2.29. The fourth-order valence-corrected chi connectivity index (χ4v) is 4.25. The Bertz CT molecular complexity index is 873. The van der Waals surface area contributed by atoms with E-state index in [1.165, 1.54) is 5.56 Å². The van der Waals surface area contributed by atoms with Crippen LogP contribution in [-0.4, -0.2) is 53.9 Å². The Morgan fingerprint density at radius 2 is 1.77 bits per heavy atom. The summed E-state index contributed by atoms with van der Waals surface area (Å²) in [6.07, 6.45) is 2.94. The van der Waals surface area contributed by atoms with Gasteiger partial charge in [-0.05, 0) is 56.9 Å². The molecular formula is C26H34N2O3. The molecule has 5 heteroatoms. The van der Waals surface area contributed by atoms with E-state index < -0.39 is 0 Å². The van der Waals surface area contributed by atoms with Crippen molar-refractivity contribution in [3.63, 3.8) is 0 Å². The van der Waals surface area contributed by atoms with E-state index >= 15 is 0 Å². The number of likely N-dealkylation sites (tertiary alicyclic amines) is 1. The van der Waals surface area contributed by atoms with Crippen LogP contribution in [0.2, 0.25) is 0 Å². The van der Waals surface area contributed by atoms with Gasteiger partial charge in [0.15, 0.2) is 0 Å². The molecule has 0 aromatic heterocycles. The van der Waals surface area contributed by atoms with Gasteiger partial charge in [0.2, 0.25) is 5.91 Å². The molecule has 3 rings (SSSR count). The summed E-state index contributed by atoms with van der Waals surface area (Å²) in [5.41, 5.74) is 3.02. The molecule has 2 aromatic carbocycles. The molecule has 0 atom stereocenters. The Kier molecular flexibility index (Phi) is 8.10.